The van der Waals surface area contributed by atoms with Crippen LogP contribution in [0, 0.1) is 0 Å². The second kappa shape index (κ2) is 4.53. The van der Waals surface area contributed by atoms with Crippen molar-refractivity contribution >= 4 is 11.6 Å². The third-order valence-corrected chi connectivity index (χ3v) is 2.87. The minimum absolute atomic E-state index is 0.0756. The van der Waals surface area contributed by atoms with Gasteiger partial charge in [0.25, 0.3) is 0 Å². The second-order valence-electron chi connectivity index (χ2n) is 4.17. The highest BCUT2D eigenvalue weighted by Gasteiger charge is 2.07. The lowest BCUT2D eigenvalue weighted by Crippen LogP contribution is -2.02. The Labute approximate surface area is 109 Å². The van der Waals surface area contributed by atoms with Crippen LogP contribution < -0.4 is 0 Å². The summed E-state index contributed by atoms with van der Waals surface area (Å²) in [7, 11) is 0. The summed E-state index contributed by atoms with van der Waals surface area (Å²) in [6, 6.07) is 9.47. The Morgan fingerprint density at radius 2 is 2.11 bits per heavy atom. The normalized spacial score (nSPS) is 10.7. The largest absolute Gasteiger partial charge is 0.481 e. The predicted octanol–water partition coefficient (Wildman–Crippen LogP) is 2.02. The van der Waals surface area contributed by atoms with Gasteiger partial charge in [-0.25, -0.2) is 4.98 Å². The number of aliphatic carboxylic acids is 1. The summed E-state index contributed by atoms with van der Waals surface area (Å²) in [6.07, 6.45) is 5.16. The molecule has 0 fully saturated rings. The maximum Gasteiger partial charge on any atom is 0.309 e. The van der Waals surface area contributed by atoms with Crippen LogP contribution >= 0.6 is 0 Å². The van der Waals surface area contributed by atoms with Crippen LogP contribution in [0.1, 0.15) is 5.69 Å². The van der Waals surface area contributed by atoms with Crippen molar-refractivity contribution in [2.24, 2.45) is 0 Å². The predicted molar refractivity (Wildman–Crippen MR) is 69.8 cm³/mol. The smallest absolute Gasteiger partial charge is 0.309 e. The highest BCUT2D eigenvalue weighted by atomic mass is 16.4. The number of hydrogen-bond acceptors (Lipinski definition) is 3. The molecular formula is C14H11N3O2. The van der Waals surface area contributed by atoms with Crippen molar-refractivity contribution in [2.45, 2.75) is 6.42 Å². The third-order valence-electron chi connectivity index (χ3n) is 2.87. The van der Waals surface area contributed by atoms with Gasteiger partial charge in [-0.05, 0) is 24.3 Å². The molecule has 0 amide bonds. The van der Waals surface area contributed by atoms with Crippen molar-refractivity contribution in [3.63, 3.8) is 0 Å². The molecule has 3 aromatic rings. The number of carbonyl (C=O) groups is 1. The Balaban J connectivity index is 2.11. The van der Waals surface area contributed by atoms with Gasteiger partial charge in [-0.15, -0.1) is 0 Å². The van der Waals surface area contributed by atoms with Crippen LogP contribution in [0.5, 0.6) is 0 Å². The van der Waals surface area contributed by atoms with E-state index in [9.17, 15) is 4.79 Å². The molecule has 0 aliphatic heterocycles. The monoisotopic (exact) mass is 253 g/mol. The summed E-state index contributed by atoms with van der Waals surface area (Å²) < 4.78 is 1.96. The molecule has 0 aliphatic rings. The molecular weight excluding hydrogens is 242 g/mol. The number of imidazole rings is 1. The molecule has 0 bridgehead atoms. The van der Waals surface area contributed by atoms with E-state index in [1.807, 2.05) is 34.9 Å². The Hall–Kier alpha value is -2.69. The van der Waals surface area contributed by atoms with Gasteiger partial charge in [0.15, 0.2) is 0 Å². The minimum Gasteiger partial charge on any atom is -0.481 e. The number of carboxylic acids is 1. The zero-order valence-electron chi connectivity index (χ0n) is 10.0. The van der Waals surface area contributed by atoms with Crippen LogP contribution in [0.4, 0.5) is 0 Å². The summed E-state index contributed by atoms with van der Waals surface area (Å²) in [5.74, 6) is -0.884. The van der Waals surface area contributed by atoms with Crippen LogP contribution in [0.25, 0.3) is 16.9 Å². The van der Waals surface area contributed by atoms with Crippen molar-refractivity contribution in [2.75, 3.05) is 0 Å². The third kappa shape index (κ3) is 2.18. The minimum atomic E-state index is -0.884. The molecule has 3 rings (SSSR count). The van der Waals surface area contributed by atoms with E-state index in [2.05, 4.69) is 9.97 Å². The zero-order valence-corrected chi connectivity index (χ0v) is 10.0. The summed E-state index contributed by atoms with van der Waals surface area (Å²) in [5, 5.41) is 8.81. The summed E-state index contributed by atoms with van der Waals surface area (Å²) in [4.78, 5) is 19.0. The molecule has 3 heterocycles. The van der Waals surface area contributed by atoms with Gasteiger partial charge in [0, 0.05) is 24.2 Å². The molecule has 0 saturated heterocycles. The second-order valence-corrected chi connectivity index (χ2v) is 4.17. The van der Waals surface area contributed by atoms with E-state index in [1.54, 1.807) is 18.5 Å². The topological polar surface area (TPSA) is 67.5 Å². The van der Waals surface area contributed by atoms with Crippen LogP contribution in [-0.4, -0.2) is 25.4 Å². The van der Waals surface area contributed by atoms with Crippen molar-refractivity contribution in [1.82, 2.24) is 14.4 Å². The number of carboxylic acid groups (broad SMARTS) is 1. The lowest BCUT2D eigenvalue weighted by Gasteiger charge is -2.06. The Morgan fingerprint density at radius 1 is 1.21 bits per heavy atom. The SMILES string of the molecule is O=C(O)Cc1cc(-c2cccc3nccn23)ccn1. The fourth-order valence-electron chi connectivity index (χ4n) is 2.07. The maximum atomic E-state index is 10.7. The number of aromatic nitrogens is 3. The van der Waals surface area contributed by atoms with Gasteiger partial charge in [-0.2, -0.15) is 0 Å². The highest BCUT2D eigenvalue weighted by molar-refractivity contribution is 5.71. The fourth-order valence-corrected chi connectivity index (χ4v) is 2.07. The van der Waals surface area contributed by atoms with Gasteiger partial charge in [0.05, 0.1) is 17.8 Å². The maximum absolute atomic E-state index is 10.7. The Morgan fingerprint density at radius 3 is 2.95 bits per heavy atom. The first-order valence-corrected chi connectivity index (χ1v) is 5.83. The van der Waals surface area contributed by atoms with E-state index in [-0.39, 0.29) is 6.42 Å². The first kappa shape index (κ1) is 11.4. The number of rotatable bonds is 3. The summed E-state index contributed by atoms with van der Waals surface area (Å²) in [6.45, 7) is 0. The van der Waals surface area contributed by atoms with Crippen LogP contribution in [0.15, 0.2) is 48.9 Å². The van der Waals surface area contributed by atoms with E-state index in [1.165, 1.54) is 0 Å². The highest BCUT2D eigenvalue weighted by Crippen LogP contribution is 2.20. The molecule has 94 valence electrons. The first-order chi connectivity index (χ1) is 9.24. The molecule has 19 heavy (non-hydrogen) atoms. The summed E-state index contributed by atoms with van der Waals surface area (Å²) in [5.41, 5.74) is 3.29. The molecule has 5 heteroatoms. The van der Waals surface area contributed by atoms with Crippen LogP contribution in [0.3, 0.4) is 0 Å². The fraction of sp³-hybridized carbons (Fsp3) is 0.0714. The Kier molecular flexibility index (Phi) is 2.72. The van der Waals surface area contributed by atoms with Gasteiger partial charge < -0.3 is 5.11 Å². The molecule has 0 spiro atoms. The molecule has 5 nitrogen and oxygen atoms in total. The molecule has 0 aliphatic carbocycles. The number of nitrogens with zero attached hydrogens (tertiary/aromatic N) is 3. The van der Waals surface area contributed by atoms with Gasteiger partial charge in [-0.1, -0.05) is 6.07 Å². The van der Waals surface area contributed by atoms with Crippen molar-refractivity contribution < 1.29 is 9.90 Å². The molecule has 0 atom stereocenters. The molecule has 1 N–H and O–H groups in total. The quantitative estimate of drug-likeness (QED) is 0.775. The average molecular weight is 253 g/mol. The zero-order chi connectivity index (χ0) is 13.2. The number of hydrogen-bond donors (Lipinski definition) is 1. The van der Waals surface area contributed by atoms with Crippen LogP contribution in [-0.2, 0) is 11.2 Å². The van der Waals surface area contributed by atoms with E-state index >= 15 is 0 Å². The van der Waals surface area contributed by atoms with Crippen molar-refractivity contribution in [1.29, 1.82) is 0 Å². The molecule has 0 unspecified atom stereocenters. The van der Waals surface area contributed by atoms with E-state index in [0.717, 1.165) is 16.9 Å². The van der Waals surface area contributed by atoms with Crippen LogP contribution in [0.2, 0.25) is 0 Å². The standard InChI is InChI=1S/C14H11N3O2/c18-14(19)9-11-8-10(4-5-15-11)12-2-1-3-13-16-6-7-17(12)13/h1-8H,9H2,(H,18,19). The van der Waals surface area contributed by atoms with Gasteiger partial charge >= 0.3 is 5.97 Å². The Bertz CT molecular complexity index is 749. The average Bonchev–Trinajstić information content (AvgIpc) is 2.86. The first-order valence-electron chi connectivity index (χ1n) is 5.83. The summed E-state index contributed by atoms with van der Waals surface area (Å²) >= 11 is 0. The van der Waals surface area contributed by atoms with E-state index in [0.29, 0.717) is 5.69 Å². The molecule has 0 saturated carbocycles. The van der Waals surface area contributed by atoms with Crippen molar-refractivity contribution in [3.05, 3.63) is 54.6 Å². The molecule has 0 aromatic carbocycles. The van der Waals surface area contributed by atoms with Gasteiger partial charge in [0.1, 0.15) is 5.65 Å². The van der Waals surface area contributed by atoms with Gasteiger partial charge in [-0.3, -0.25) is 14.2 Å². The van der Waals surface area contributed by atoms with Crippen molar-refractivity contribution in [3.8, 4) is 11.3 Å². The molecule has 0 radical (unpaired) electrons. The number of fused-ring (bicyclic) bond motifs is 1. The van der Waals surface area contributed by atoms with E-state index in [4.69, 9.17) is 5.11 Å². The van der Waals surface area contributed by atoms with E-state index < -0.39 is 5.97 Å². The lowest BCUT2D eigenvalue weighted by molar-refractivity contribution is -0.136. The number of pyridine rings is 2. The van der Waals surface area contributed by atoms with Gasteiger partial charge in [0.2, 0.25) is 0 Å². The lowest BCUT2D eigenvalue weighted by atomic mass is 10.1. The molecule has 3 aromatic heterocycles.